The highest BCUT2D eigenvalue weighted by Crippen LogP contribution is 2.38. The average molecular weight is 261 g/mol. The van der Waals surface area contributed by atoms with Crippen LogP contribution in [0.5, 0.6) is 0 Å². The van der Waals surface area contributed by atoms with Crippen molar-refractivity contribution in [2.45, 2.75) is 19.3 Å². The highest BCUT2D eigenvalue weighted by molar-refractivity contribution is 5.93. The number of nitrogens with one attached hydrogen (secondary N) is 1. The number of nitrogens with zero attached hydrogens (tertiary/aromatic N) is 2. The molecule has 2 amide bonds. The molecule has 3 heterocycles. The molecule has 5 nitrogen and oxygen atoms in total. The molecule has 0 aliphatic carbocycles. The first kappa shape index (κ1) is 12.3. The van der Waals surface area contributed by atoms with Crippen LogP contribution in [0.25, 0.3) is 0 Å². The number of aromatic nitrogens is 1. The summed E-state index contributed by atoms with van der Waals surface area (Å²) in [5.41, 5.74) is 0.511. The van der Waals surface area contributed by atoms with Gasteiger partial charge in [-0.3, -0.25) is 9.59 Å². The molecule has 0 unspecified atom stereocenters. The second-order valence-electron chi connectivity index (χ2n) is 5.58. The Balaban J connectivity index is 1.69. The first-order valence-electron chi connectivity index (χ1n) is 6.81. The number of aryl methyl sites for hydroxylation is 1. The van der Waals surface area contributed by atoms with Gasteiger partial charge in [-0.2, -0.15) is 0 Å². The van der Waals surface area contributed by atoms with E-state index in [0.29, 0.717) is 18.8 Å². The number of hydrogen-bond donors (Lipinski definition) is 1. The summed E-state index contributed by atoms with van der Waals surface area (Å²) in [4.78, 5) is 26.1. The molecule has 1 spiro atoms. The number of carbonyl (C=O) groups is 2. The zero-order chi connectivity index (χ0) is 13.5. The van der Waals surface area contributed by atoms with Gasteiger partial charge in [0.1, 0.15) is 5.69 Å². The van der Waals surface area contributed by atoms with Crippen molar-refractivity contribution in [1.82, 2.24) is 14.8 Å². The first-order chi connectivity index (χ1) is 9.12. The third-order valence-corrected chi connectivity index (χ3v) is 4.54. The van der Waals surface area contributed by atoms with Crippen LogP contribution in [0.1, 0.15) is 29.8 Å². The van der Waals surface area contributed by atoms with E-state index in [1.807, 2.05) is 34.8 Å². The number of likely N-dealkylation sites (tertiary alicyclic amines) is 1. The average Bonchev–Trinajstić information content (AvgIpc) is 2.98. The van der Waals surface area contributed by atoms with E-state index in [1.54, 1.807) is 0 Å². The molecule has 0 atom stereocenters. The van der Waals surface area contributed by atoms with Crippen molar-refractivity contribution >= 4 is 11.8 Å². The van der Waals surface area contributed by atoms with Gasteiger partial charge in [0.15, 0.2) is 0 Å². The second kappa shape index (κ2) is 4.40. The summed E-state index contributed by atoms with van der Waals surface area (Å²) < 4.78 is 1.84. The molecule has 2 aliphatic heterocycles. The van der Waals surface area contributed by atoms with Crippen molar-refractivity contribution in [3.63, 3.8) is 0 Å². The Kier molecular flexibility index (Phi) is 2.84. The predicted octanol–water partition coefficient (Wildman–Crippen LogP) is 0.767. The van der Waals surface area contributed by atoms with E-state index in [4.69, 9.17) is 0 Å². The zero-order valence-electron chi connectivity index (χ0n) is 11.2. The van der Waals surface area contributed by atoms with Crippen LogP contribution in [0, 0.1) is 5.41 Å². The largest absolute Gasteiger partial charge is 0.356 e. The molecule has 1 aromatic heterocycles. The molecule has 19 heavy (non-hydrogen) atoms. The Labute approximate surface area is 112 Å². The highest BCUT2D eigenvalue weighted by Gasteiger charge is 2.45. The summed E-state index contributed by atoms with van der Waals surface area (Å²) in [5, 5.41) is 2.91. The Hall–Kier alpha value is -1.78. The minimum Gasteiger partial charge on any atom is -0.356 e. The summed E-state index contributed by atoms with van der Waals surface area (Å²) in [6.07, 6.45) is 4.37. The van der Waals surface area contributed by atoms with Crippen LogP contribution in [0.3, 0.4) is 0 Å². The normalized spacial score (nSPS) is 21.7. The van der Waals surface area contributed by atoms with E-state index in [-0.39, 0.29) is 17.2 Å². The number of rotatable bonds is 1. The van der Waals surface area contributed by atoms with Crippen LogP contribution < -0.4 is 5.32 Å². The van der Waals surface area contributed by atoms with Gasteiger partial charge in [0.25, 0.3) is 5.91 Å². The van der Waals surface area contributed by atoms with Crippen LogP contribution in [-0.2, 0) is 11.8 Å². The van der Waals surface area contributed by atoms with Crippen molar-refractivity contribution in [2.75, 3.05) is 19.6 Å². The maximum atomic E-state index is 12.4. The van der Waals surface area contributed by atoms with Crippen molar-refractivity contribution in [2.24, 2.45) is 12.5 Å². The number of amides is 2. The molecule has 2 fully saturated rings. The number of piperidine rings is 1. The maximum absolute atomic E-state index is 12.4. The third-order valence-electron chi connectivity index (χ3n) is 4.54. The van der Waals surface area contributed by atoms with Crippen molar-refractivity contribution in [1.29, 1.82) is 0 Å². The lowest BCUT2D eigenvalue weighted by Gasteiger charge is -2.37. The van der Waals surface area contributed by atoms with Gasteiger partial charge in [0, 0.05) is 32.9 Å². The second-order valence-corrected chi connectivity index (χ2v) is 5.58. The maximum Gasteiger partial charge on any atom is 0.270 e. The molecular formula is C14H19N3O2. The van der Waals surface area contributed by atoms with Crippen molar-refractivity contribution in [3.8, 4) is 0 Å². The number of hydrogen-bond acceptors (Lipinski definition) is 2. The Morgan fingerprint density at radius 2 is 2.05 bits per heavy atom. The van der Waals surface area contributed by atoms with E-state index >= 15 is 0 Å². The monoisotopic (exact) mass is 261 g/mol. The molecule has 2 aliphatic rings. The molecule has 1 aromatic rings. The summed E-state index contributed by atoms with van der Waals surface area (Å²) in [6.45, 7) is 2.14. The van der Waals surface area contributed by atoms with E-state index < -0.39 is 0 Å². The third kappa shape index (κ3) is 1.93. The van der Waals surface area contributed by atoms with Crippen LogP contribution in [0.15, 0.2) is 18.3 Å². The van der Waals surface area contributed by atoms with Gasteiger partial charge in [0.05, 0.1) is 5.41 Å². The van der Waals surface area contributed by atoms with E-state index in [2.05, 4.69) is 5.32 Å². The van der Waals surface area contributed by atoms with Crippen LogP contribution in [0.2, 0.25) is 0 Å². The van der Waals surface area contributed by atoms with Crippen LogP contribution in [-0.4, -0.2) is 40.9 Å². The lowest BCUT2D eigenvalue weighted by molar-refractivity contribution is -0.129. The SMILES string of the molecule is Cn1cccc1C(=O)N1CCC2(CCNC2=O)CC1. The predicted molar refractivity (Wildman–Crippen MR) is 70.6 cm³/mol. The summed E-state index contributed by atoms with van der Waals surface area (Å²) in [5.74, 6) is 0.249. The van der Waals surface area contributed by atoms with E-state index in [9.17, 15) is 9.59 Å². The summed E-state index contributed by atoms with van der Waals surface area (Å²) >= 11 is 0. The lowest BCUT2D eigenvalue weighted by atomic mass is 9.77. The van der Waals surface area contributed by atoms with E-state index in [0.717, 1.165) is 25.8 Å². The van der Waals surface area contributed by atoms with Gasteiger partial charge < -0.3 is 14.8 Å². The van der Waals surface area contributed by atoms with Gasteiger partial charge in [-0.15, -0.1) is 0 Å². The molecule has 0 radical (unpaired) electrons. The lowest BCUT2D eigenvalue weighted by Crippen LogP contribution is -2.46. The fraction of sp³-hybridized carbons (Fsp3) is 0.571. The van der Waals surface area contributed by atoms with Crippen LogP contribution >= 0.6 is 0 Å². The molecule has 5 heteroatoms. The van der Waals surface area contributed by atoms with Gasteiger partial charge in [-0.25, -0.2) is 0 Å². The van der Waals surface area contributed by atoms with Crippen molar-refractivity contribution < 1.29 is 9.59 Å². The smallest absolute Gasteiger partial charge is 0.270 e. The van der Waals surface area contributed by atoms with Crippen molar-refractivity contribution in [3.05, 3.63) is 24.0 Å². The quantitative estimate of drug-likeness (QED) is 0.811. The zero-order valence-corrected chi connectivity index (χ0v) is 11.2. The molecule has 0 aromatic carbocycles. The molecule has 0 saturated carbocycles. The fourth-order valence-corrected chi connectivity index (χ4v) is 3.18. The molecule has 1 N–H and O–H groups in total. The summed E-state index contributed by atoms with van der Waals surface area (Å²) in [7, 11) is 1.88. The minimum atomic E-state index is -0.203. The van der Waals surface area contributed by atoms with Gasteiger partial charge in [-0.1, -0.05) is 0 Å². The minimum absolute atomic E-state index is 0.0701. The first-order valence-corrected chi connectivity index (χ1v) is 6.81. The molecular weight excluding hydrogens is 242 g/mol. The Morgan fingerprint density at radius 1 is 1.32 bits per heavy atom. The van der Waals surface area contributed by atoms with Gasteiger partial charge >= 0.3 is 0 Å². The van der Waals surface area contributed by atoms with Crippen LogP contribution in [0.4, 0.5) is 0 Å². The standard InChI is InChI=1S/C14H19N3O2/c1-16-8-2-3-11(16)12(18)17-9-5-14(6-10-17)4-7-15-13(14)19/h2-3,8H,4-7,9-10H2,1H3,(H,15,19). The molecule has 0 bridgehead atoms. The Bertz CT molecular complexity index is 513. The summed E-state index contributed by atoms with van der Waals surface area (Å²) in [6, 6.07) is 3.72. The number of carbonyl (C=O) groups excluding carboxylic acids is 2. The molecule has 102 valence electrons. The molecule has 2 saturated heterocycles. The van der Waals surface area contributed by atoms with E-state index in [1.165, 1.54) is 0 Å². The highest BCUT2D eigenvalue weighted by atomic mass is 16.2. The fourth-order valence-electron chi connectivity index (χ4n) is 3.18. The topological polar surface area (TPSA) is 54.3 Å². The van der Waals surface area contributed by atoms with Gasteiger partial charge in [0.2, 0.25) is 5.91 Å². The molecule has 3 rings (SSSR count). The van der Waals surface area contributed by atoms with Gasteiger partial charge in [-0.05, 0) is 31.4 Å². The Morgan fingerprint density at radius 3 is 2.58 bits per heavy atom.